The Kier molecular flexibility index (Phi) is 20.5. The second kappa shape index (κ2) is 30.0. The number of hydrogen-bond donors (Lipinski definition) is 8. The zero-order valence-corrected chi connectivity index (χ0v) is 64.7. The third kappa shape index (κ3) is 12.6. The Labute approximate surface area is 656 Å². The van der Waals surface area contributed by atoms with Gasteiger partial charge in [0.1, 0.15) is 28.6 Å². The summed E-state index contributed by atoms with van der Waals surface area (Å²) in [6, 6.07) is 45.5. The first-order chi connectivity index (χ1) is 53.4. The van der Waals surface area contributed by atoms with Gasteiger partial charge in [0.25, 0.3) is 23.6 Å². The van der Waals surface area contributed by atoms with Crippen LogP contribution in [-0.4, -0.2) is 132 Å². The molecule has 6 aromatic heterocycles. The average molecular weight is 1540 g/mol. The van der Waals surface area contributed by atoms with Crippen molar-refractivity contribution in [3.63, 3.8) is 0 Å². The fourth-order valence-electron chi connectivity index (χ4n) is 17.7. The number of aliphatic hydroxyl groups is 3. The lowest BCUT2D eigenvalue weighted by Crippen LogP contribution is -2.63. The molecule has 0 saturated carbocycles. The highest BCUT2D eigenvalue weighted by Gasteiger charge is 2.58. The van der Waals surface area contributed by atoms with Crippen LogP contribution in [0.2, 0.25) is 0 Å². The number of hydrogen-bond acceptors (Lipinski definition) is 21. The molecule has 0 radical (unpaired) electrons. The van der Waals surface area contributed by atoms with E-state index in [2.05, 4.69) is 75.3 Å². The van der Waals surface area contributed by atoms with E-state index in [-0.39, 0.29) is 37.2 Å². The average Bonchev–Trinajstić information content (AvgIpc) is 1.72. The molecule has 13 heterocycles. The molecule has 0 aliphatic carbocycles. The second-order valence-corrected chi connectivity index (χ2v) is 31.4. The summed E-state index contributed by atoms with van der Waals surface area (Å²) in [6.07, 6.45) is 1.81. The van der Waals surface area contributed by atoms with E-state index in [1.165, 1.54) is 0 Å². The number of fused-ring (bicyclic) bond motifs is 4. The molecule has 19 rings (SSSR count). The van der Waals surface area contributed by atoms with Gasteiger partial charge in [0.05, 0.1) is 41.1 Å². The van der Waals surface area contributed by atoms with E-state index in [4.69, 9.17) is 23.8 Å². The molecule has 3 saturated heterocycles. The van der Waals surface area contributed by atoms with Crippen molar-refractivity contribution in [2.75, 3.05) is 60.5 Å². The van der Waals surface area contributed by atoms with Crippen LogP contribution < -0.4 is 27.0 Å². The number of carbonyl (C=O) groups excluding carboxylic acids is 4. The van der Waals surface area contributed by atoms with E-state index in [9.17, 15) is 34.5 Å². The number of nitrogens with two attached hydrogens (primary N) is 1. The van der Waals surface area contributed by atoms with Crippen LogP contribution in [0.25, 0.3) is 44.5 Å². The molecule has 5 atom stereocenters. The van der Waals surface area contributed by atoms with Crippen molar-refractivity contribution >= 4 is 69.1 Å². The van der Waals surface area contributed by atoms with Gasteiger partial charge in [-0.25, -0.2) is 0 Å². The van der Waals surface area contributed by atoms with Crippen LogP contribution in [0.1, 0.15) is 129 Å². The van der Waals surface area contributed by atoms with Crippen LogP contribution >= 0.6 is 22.7 Å². The summed E-state index contributed by atoms with van der Waals surface area (Å²) < 4.78 is 21.4. The number of amides is 4. The third-order valence-corrected chi connectivity index (χ3v) is 24.4. The van der Waals surface area contributed by atoms with E-state index in [1.54, 1.807) is 22.7 Å². The Bertz CT molecular complexity index is 5490. The number of thiophene rings is 2. The zero-order valence-electron chi connectivity index (χ0n) is 63.0. The van der Waals surface area contributed by atoms with Gasteiger partial charge in [-0.15, -0.1) is 0 Å². The SMILES string of the molecule is C.Cc1ccc(C2(N)C(=O)Nc3ccc(-c4c(C)noc4C)cc32)cc1.Cc1noc(C)c1-c1ccc2c(c1)C(c1ccccc1)(N1CC(O)C1)C(=O)N2.Cc1noc(C)c1-c1ccc2c(c1)C(c1ccsc1)(N1CCC(O)CC1)C(=O)N2.Cc1noc(C)c1-c1ccc2c(c1)C(c1ccsc1)(N1CCCC(O)C1)C(=O)N2. The van der Waals surface area contributed by atoms with Crippen LogP contribution in [0.15, 0.2) is 179 Å². The number of β-amino-alcohol motifs (C(OH)–C–C–N with tert-alkyl or cyclic N) is 2. The molecule has 0 spiro atoms. The van der Waals surface area contributed by atoms with Crippen LogP contribution in [-0.2, 0) is 41.3 Å². The lowest BCUT2D eigenvalue weighted by atomic mass is 9.79. The van der Waals surface area contributed by atoms with Gasteiger partial charge in [-0.1, -0.05) is 112 Å². The van der Waals surface area contributed by atoms with Gasteiger partial charge in [-0.3, -0.25) is 33.9 Å². The fraction of sp³-hybridized carbons (Fsp3) is 0.310. The molecule has 23 nitrogen and oxygen atoms in total. The maximum Gasteiger partial charge on any atom is 0.254 e. The molecule has 9 N–H and O–H groups in total. The van der Waals surface area contributed by atoms with Gasteiger partial charge in [-0.2, -0.15) is 22.7 Å². The van der Waals surface area contributed by atoms with Crippen LogP contribution in [0.4, 0.5) is 22.7 Å². The Morgan fingerprint density at radius 1 is 0.402 bits per heavy atom. The number of piperidine rings is 2. The van der Waals surface area contributed by atoms with Gasteiger partial charge >= 0.3 is 0 Å². The lowest BCUT2D eigenvalue weighted by molar-refractivity contribution is -0.133. The predicted molar refractivity (Wildman–Crippen MR) is 432 cm³/mol. The quantitative estimate of drug-likeness (QED) is 0.0596. The first-order valence-corrected chi connectivity index (χ1v) is 39.2. The summed E-state index contributed by atoms with van der Waals surface area (Å²) in [5.74, 6) is 2.62. The van der Waals surface area contributed by atoms with Crippen molar-refractivity contribution in [2.45, 2.75) is 136 Å². The molecule has 112 heavy (non-hydrogen) atoms. The number of benzene rings is 6. The summed E-state index contributed by atoms with van der Waals surface area (Å²) in [5.41, 5.74) is 25.1. The van der Waals surface area contributed by atoms with Crippen molar-refractivity contribution in [2.24, 2.45) is 5.73 Å². The smallest absolute Gasteiger partial charge is 0.254 e. The number of nitrogens with zero attached hydrogens (tertiary/aromatic N) is 7. The molecule has 7 aliphatic heterocycles. The molecule has 0 bridgehead atoms. The summed E-state index contributed by atoms with van der Waals surface area (Å²) in [6.45, 7) is 20.7. The topological polar surface area (TPSA) is 317 Å². The Morgan fingerprint density at radius 2 is 0.777 bits per heavy atom. The summed E-state index contributed by atoms with van der Waals surface area (Å²) in [7, 11) is 0. The molecule has 7 aliphatic rings. The van der Waals surface area contributed by atoms with Gasteiger partial charge in [0.2, 0.25) is 0 Å². The van der Waals surface area contributed by atoms with E-state index >= 15 is 0 Å². The number of likely N-dealkylation sites (tertiary alicyclic amines) is 3. The molecule has 3 fully saturated rings. The number of aliphatic hydroxyl groups excluding tert-OH is 3. The van der Waals surface area contributed by atoms with Gasteiger partial charge in [0.15, 0.2) is 16.6 Å². The van der Waals surface area contributed by atoms with Crippen molar-refractivity contribution < 1.29 is 52.6 Å². The van der Waals surface area contributed by atoms with Crippen LogP contribution in [0.3, 0.4) is 0 Å². The Balaban J connectivity index is 0.000000118. The first-order valence-electron chi connectivity index (χ1n) is 37.3. The normalized spacial score (nSPS) is 22.0. The van der Waals surface area contributed by atoms with Crippen molar-refractivity contribution in [3.05, 3.63) is 257 Å². The summed E-state index contributed by atoms with van der Waals surface area (Å²) in [5, 5.41) is 66.9. The van der Waals surface area contributed by atoms with Crippen molar-refractivity contribution in [3.8, 4) is 44.5 Å². The molecule has 25 heteroatoms. The number of rotatable bonds is 11. The standard InChI is InChI=1S/2C22H23N3O3S.C22H21N3O3.C20H19N3O2.CH4/c1-13-20(14(2)28-24-13)15-3-4-19-18(11-15)22(21(27)23-19,16-7-10-29-12-16)25-8-5-17(26)6-9-25;1-13-20(14(2)28-24-13)15-5-6-19-18(10-15)22(21(27)23-19,16-7-9-29-12-16)25-8-3-4-17(26)11-25;1-13-20(14(2)28-24-13)15-8-9-19-18(10-15)22(21(27)23-19,25-11-17(26)12-25)16-6-4-3-5-7-16;1-11-4-7-15(8-5-11)20(21)16-10-14(6-9-17(16)22-19(20)24)18-12(2)23-25-13(18)3;/h3-4,7,10-12,17,26H,5-6,8-9H2,1-2H3,(H,23,27);5-7,9-10,12,17,26H,3-4,8,11H2,1-2H3,(H,23,27);3-10,17,26H,11-12H2,1-2H3,(H,23,27);4-10H,21H2,1-3H3,(H,22,24);1H4. The molecular weight excluding hydrogens is 1450 g/mol. The predicted octanol–water partition coefficient (Wildman–Crippen LogP) is 14.2. The highest BCUT2D eigenvalue weighted by atomic mass is 32.1. The molecule has 6 aromatic carbocycles. The second-order valence-electron chi connectivity index (χ2n) is 29.9. The maximum absolute atomic E-state index is 13.5. The Morgan fingerprint density at radius 3 is 1.15 bits per heavy atom. The van der Waals surface area contributed by atoms with E-state index in [0.717, 1.165) is 183 Å². The molecular formula is C87H90N12O11S2. The van der Waals surface area contributed by atoms with Gasteiger partial charge in [-0.05, 0) is 215 Å². The minimum Gasteiger partial charge on any atom is -0.393 e. The van der Waals surface area contributed by atoms with Crippen molar-refractivity contribution in [1.82, 2.24) is 35.3 Å². The zero-order chi connectivity index (χ0) is 77.6. The van der Waals surface area contributed by atoms with E-state index < -0.39 is 34.4 Å². The maximum atomic E-state index is 13.5. The number of aryl methyl sites for hydroxylation is 9. The molecule has 5 unspecified atom stereocenters. The van der Waals surface area contributed by atoms with Gasteiger partial charge in [0, 0.05) is 107 Å². The van der Waals surface area contributed by atoms with Crippen LogP contribution in [0.5, 0.6) is 0 Å². The molecule has 12 aromatic rings. The highest BCUT2D eigenvalue weighted by molar-refractivity contribution is 7.08. The number of aromatic nitrogens is 4. The Hall–Kier alpha value is -10.8. The number of carbonyl (C=O) groups is 4. The largest absolute Gasteiger partial charge is 0.393 e. The van der Waals surface area contributed by atoms with Gasteiger partial charge < -0.3 is 60.4 Å². The lowest BCUT2D eigenvalue weighted by Gasteiger charge is -2.48. The van der Waals surface area contributed by atoms with Crippen molar-refractivity contribution in [1.29, 1.82) is 0 Å². The number of anilines is 4. The summed E-state index contributed by atoms with van der Waals surface area (Å²) >= 11 is 3.17. The molecule has 4 amide bonds. The monoisotopic (exact) mass is 1540 g/mol. The third-order valence-electron chi connectivity index (χ3n) is 23.0. The minimum absolute atomic E-state index is 0. The minimum atomic E-state index is -1.21. The van der Waals surface area contributed by atoms with E-state index in [0.29, 0.717) is 45.6 Å². The fourth-order valence-corrected chi connectivity index (χ4v) is 19.0. The number of nitrogens with one attached hydrogen (secondary N) is 4. The molecule has 576 valence electrons. The first kappa shape index (κ1) is 76.5. The summed E-state index contributed by atoms with van der Waals surface area (Å²) in [4.78, 5) is 59.5. The van der Waals surface area contributed by atoms with E-state index in [1.807, 2.05) is 205 Å². The highest BCUT2D eigenvalue weighted by Crippen LogP contribution is 2.53. The van der Waals surface area contributed by atoms with Crippen LogP contribution in [0, 0.1) is 62.3 Å².